The standard InChI is InChI=1S/C26H21FN2O4S/c1-17-2-12-22(13-3-17)34(32,33)29-24(19-6-4-18(16-28)5-7-19)15-14-23(26(30)31)25(29)20-8-10-21(27)11-9-20/h2-14,24-25H,15H2,1H3,(H,30,31)/t24-,25-/m0/s1. The van der Waals surface area contributed by atoms with Gasteiger partial charge in [-0.25, -0.2) is 17.6 Å². The fourth-order valence-corrected chi connectivity index (χ4v) is 5.93. The van der Waals surface area contributed by atoms with Gasteiger partial charge in [-0.3, -0.25) is 0 Å². The average Bonchev–Trinajstić information content (AvgIpc) is 2.84. The molecule has 34 heavy (non-hydrogen) atoms. The Morgan fingerprint density at radius 2 is 1.59 bits per heavy atom. The first-order valence-corrected chi connectivity index (χ1v) is 12.0. The van der Waals surface area contributed by atoms with E-state index in [2.05, 4.69) is 0 Å². The summed E-state index contributed by atoms with van der Waals surface area (Å²) >= 11 is 0. The summed E-state index contributed by atoms with van der Waals surface area (Å²) in [6, 6.07) is 18.1. The van der Waals surface area contributed by atoms with Gasteiger partial charge in [0.1, 0.15) is 5.82 Å². The van der Waals surface area contributed by atoms with Crippen LogP contribution in [0.5, 0.6) is 0 Å². The number of carboxylic acids is 1. The quantitative estimate of drug-likeness (QED) is 0.565. The highest BCUT2D eigenvalue weighted by atomic mass is 32.2. The Kier molecular flexibility index (Phi) is 6.33. The van der Waals surface area contributed by atoms with Crippen molar-refractivity contribution in [2.45, 2.75) is 30.3 Å². The third-order valence-corrected chi connectivity index (χ3v) is 7.76. The summed E-state index contributed by atoms with van der Waals surface area (Å²) in [4.78, 5) is 12.2. The molecular formula is C26H21FN2O4S. The fraction of sp³-hybridized carbons (Fsp3) is 0.154. The van der Waals surface area contributed by atoms with Crippen molar-refractivity contribution in [1.29, 1.82) is 5.26 Å². The molecule has 0 radical (unpaired) electrons. The zero-order valence-electron chi connectivity index (χ0n) is 18.2. The first-order valence-electron chi connectivity index (χ1n) is 10.5. The number of carboxylic acid groups (broad SMARTS) is 1. The van der Waals surface area contributed by atoms with Gasteiger partial charge >= 0.3 is 5.97 Å². The Morgan fingerprint density at radius 3 is 2.15 bits per heavy atom. The highest BCUT2D eigenvalue weighted by Gasteiger charge is 2.44. The van der Waals surface area contributed by atoms with Crippen LogP contribution in [0, 0.1) is 24.1 Å². The van der Waals surface area contributed by atoms with E-state index in [1.54, 1.807) is 36.4 Å². The first-order chi connectivity index (χ1) is 16.2. The van der Waals surface area contributed by atoms with E-state index in [9.17, 15) is 22.7 Å². The molecule has 1 N–H and O–H groups in total. The number of aryl methyl sites for hydroxylation is 1. The molecule has 0 bridgehead atoms. The maximum atomic E-state index is 14.0. The summed E-state index contributed by atoms with van der Waals surface area (Å²) in [6.07, 6.45) is 1.64. The molecule has 172 valence electrons. The van der Waals surface area contributed by atoms with Gasteiger partial charge in [0.25, 0.3) is 0 Å². The monoisotopic (exact) mass is 476 g/mol. The van der Waals surface area contributed by atoms with Crippen molar-refractivity contribution in [1.82, 2.24) is 4.31 Å². The highest BCUT2D eigenvalue weighted by Crippen LogP contribution is 2.45. The zero-order valence-corrected chi connectivity index (χ0v) is 19.0. The Labute approximate surface area is 197 Å². The van der Waals surface area contributed by atoms with Gasteiger partial charge in [0.15, 0.2) is 0 Å². The highest BCUT2D eigenvalue weighted by molar-refractivity contribution is 7.89. The molecule has 8 heteroatoms. The van der Waals surface area contributed by atoms with Crippen LogP contribution in [0.2, 0.25) is 0 Å². The van der Waals surface area contributed by atoms with E-state index >= 15 is 0 Å². The van der Waals surface area contributed by atoms with Crippen LogP contribution in [0.15, 0.2) is 89.3 Å². The van der Waals surface area contributed by atoms with Gasteiger partial charge in [-0.15, -0.1) is 0 Å². The van der Waals surface area contributed by atoms with E-state index in [4.69, 9.17) is 5.26 Å². The van der Waals surface area contributed by atoms with E-state index in [1.807, 2.05) is 13.0 Å². The summed E-state index contributed by atoms with van der Waals surface area (Å²) in [5.74, 6) is -1.77. The van der Waals surface area contributed by atoms with Gasteiger partial charge in [-0.2, -0.15) is 9.57 Å². The maximum Gasteiger partial charge on any atom is 0.333 e. The predicted octanol–water partition coefficient (Wildman–Crippen LogP) is 4.89. The van der Waals surface area contributed by atoms with Gasteiger partial charge < -0.3 is 5.11 Å². The van der Waals surface area contributed by atoms with Crippen molar-refractivity contribution in [3.8, 4) is 6.07 Å². The predicted molar refractivity (Wildman–Crippen MR) is 124 cm³/mol. The van der Waals surface area contributed by atoms with E-state index in [0.29, 0.717) is 16.7 Å². The molecule has 0 amide bonds. The van der Waals surface area contributed by atoms with Crippen LogP contribution >= 0.6 is 0 Å². The van der Waals surface area contributed by atoms with Crippen LogP contribution in [-0.4, -0.2) is 23.8 Å². The number of benzene rings is 3. The molecule has 0 fully saturated rings. The molecule has 0 spiro atoms. The van der Waals surface area contributed by atoms with Crippen molar-refractivity contribution >= 4 is 16.0 Å². The van der Waals surface area contributed by atoms with Crippen molar-refractivity contribution in [3.63, 3.8) is 0 Å². The molecule has 2 atom stereocenters. The summed E-state index contributed by atoms with van der Waals surface area (Å²) in [5.41, 5.74) is 2.14. The fourth-order valence-electron chi connectivity index (χ4n) is 4.15. The number of rotatable bonds is 5. The second kappa shape index (κ2) is 9.21. The minimum atomic E-state index is -4.20. The number of hydrogen-bond acceptors (Lipinski definition) is 4. The van der Waals surface area contributed by atoms with Gasteiger partial charge in [-0.05, 0) is 60.9 Å². The molecule has 0 aliphatic carbocycles. The molecule has 0 aromatic heterocycles. The van der Waals surface area contributed by atoms with Crippen LogP contribution in [-0.2, 0) is 14.8 Å². The smallest absolute Gasteiger partial charge is 0.333 e. The van der Waals surface area contributed by atoms with Crippen molar-refractivity contribution in [3.05, 3.63) is 113 Å². The van der Waals surface area contributed by atoms with E-state index in [0.717, 1.165) is 5.56 Å². The molecule has 0 saturated carbocycles. The van der Waals surface area contributed by atoms with Gasteiger partial charge in [0, 0.05) is 0 Å². The molecule has 3 aromatic carbocycles. The second-order valence-corrected chi connectivity index (χ2v) is 9.90. The SMILES string of the molecule is Cc1ccc(S(=O)(=O)N2[C@@H](c3ccc(F)cc3)C(C(=O)O)=CC[C@H]2c2ccc(C#N)cc2)cc1. The topological polar surface area (TPSA) is 98.5 Å². The van der Waals surface area contributed by atoms with E-state index in [-0.39, 0.29) is 16.9 Å². The lowest BCUT2D eigenvalue weighted by Crippen LogP contribution is -2.42. The van der Waals surface area contributed by atoms with Gasteiger partial charge in [0.2, 0.25) is 10.0 Å². The molecule has 0 unspecified atom stereocenters. The van der Waals surface area contributed by atoms with Crippen LogP contribution in [0.4, 0.5) is 4.39 Å². The van der Waals surface area contributed by atoms with E-state index in [1.165, 1.54) is 46.8 Å². The molecule has 1 aliphatic rings. The largest absolute Gasteiger partial charge is 0.478 e. The first kappa shape index (κ1) is 23.4. The number of nitriles is 1. The molecule has 3 aromatic rings. The van der Waals surface area contributed by atoms with Crippen LogP contribution < -0.4 is 0 Å². The average molecular weight is 477 g/mol. The Balaban J connectivity index is 1.95. The minimum absolute atomic E-state index is 0.0236. The number of halogens is 1. The van der Waals surface area contributed by atoms with Crippen LogP contribution in [0.3, 0.4) is 0 Å². The summed E-state index contributed by atoms with van der Waals surface area (Å²) < 4.78 is 42.9. The Morgan fingerprint density at radius 1 is 1.00 bits per heavy atom. The van der Waals surface area contributed by atoms with Crippen LogP contribution in [0.1, 0.15) is 40.8 Å². The number of sulfonamides is 1. The summed E-state index contributed by atoms with van der Waals surface area (Å²) in [5, 5.41) is 19.1. The molecule has 1 heterocycles. The van der Waals surface area contributed by atoms with Crippen molar-refractivity contribution in [2.75, 3.05) is 0 Å². The van der Waals surface area contributed by atoms with E-state index < -0.39 is 33.9 Å². The maximum absolute atomic E-state index is 14.0. The normalized spacial score (nSPS) is 18.7. The number of aliphatic carboxylic acids is 1. The zero-order chi connectivity index (χ0) is 24.5. The van der Waals surface area contributed by atoms with Gasteiger partial charge in [0.05, 0.1) is 34.2 Å². The summed E-state index contributed by atoms with van der Waals surface area (Å²) in [6.45, 7) is 1.84. The molecular weight excluding hydrogens is 455 g/mol. The molecule has 0 saturated heterocycles. The van der Waals surface area contributed by atoms with Crippen molar-refractivity contribution in [2.24, 2.45) is 0 Å². The van der Waals surface area contributed by atoms with Gasteiger partial charge in [-0.1, -0.05) is 48.0 Å². The van der Waals surface area contributed by atoms with Crippen molar-refractivity contribution < 1.29 is 22.7 Å². The summed E-state index contributed by atoms with van der Waals surface area (Å²) in [7, 11) is -4.20. The number of carbonyl (C=O) groups is 1. The molecule has 4 rings (SSSR count). The third-order valence-electron chi connectivity index (χ3n) is 5.87. The number of hydrogen-bond donors (Lipinski definition) is 1. The second-order valence-electron chi connectivity index (χ2n) is 8.05. The minimum Gasteiger partial charge on any atom is -0.478 e. The molecule has 1 aliphatic heterocycles. The lowest BCUT2D eigenvalue weighted by molar-refractivity contribution is -0.133. The number of nitrogens with zero attached hydrogens (tertiary/aromatic N) is 2. The third kappa shape index (κ3) is 4.36. The van der Waals surface area contributed by atoms with Crippen LogP contribution in [0.25, 0.3) is 0 Å². The lowest BCUT2D eigenvalue weighted by atomic mass is 9.89. The Hall–Kier alpha value is -3.80. The lowest BCUT2D eigenvalue weighted by Gasteiger charge is -2.40. The Bertz CT molecular complexity index is 1390. The molecule has 6 nitrogen and oxygen atoms in total.